The van der Waals surface area contributed by atoms with Crippen molar-refractivity contribution in [2.45, 2.75) is 148 Å². The third-order valence-corrected chi connectivity index (χ3v) is 6.66. The van der Waals surface area contributed by atoms with Crippen LogP contribution in [0, 0.1) is 0 Å². The van der Waals surface area contributed by atoms with Crippen LogP contribution in [0.5, 0.6) is 0 Å². The fraction of sp³-hybridized carbons (Fsp3) is 0.793. The van der Waals surface area contributed by atoms with Gasteiger partial charge in [0.2, 0.25) is 11.8 Å². The van der Waals surface area contributed by atoms with Gasteiger partial charge in [-0.25, -0.2) is 0 Å². The highest BCUT2D eigenvalue weighted by Crippen LogP contribution is 2.19. The van der Waals surface area contributed by atoms with Gasteiger partial charge in [-0.2, -0.15) is 0 Å². The van der Waals surface area contributed by atoms with E-state index in [1.54, 1.807) is 12.2 Å². The predicted molar refractivity (Wildman–Crippen MR) is 141 cm³/mol. The molecule has 0 aromatic heterocycles. The second-order valence-electron chi connectivity index (χ2n) is 9.79. The first kappa shape index (κ1) is 29.5. The zero-order valence-electron chi connectivity index (χ0n) is 21.7. The van der Waals surface area contributed by atoms with Crippen LogP contribution in [-0.2, 0) is 9.59 Å². The molecular formula is C29H52N2O2. The van der Waals surface area contributed by atoms with Gasteiger partial charge < -0.3 is 10.6 Å². The minimum Gasteiger partial charge on any atom is -0.348 e. The highest BCUT2D eigenvalue weighted by Gasteiger charge is 2.28. The van der Waals surface area contributed by atoms with Gasteiger partial charge in [-0.15, -0.1) is 0 Å². The molecule has 0 unspecified atom stereocenters. The molecule has 2 atom stereocenters. The molecule has 0 aromatic rings. The van der Waals surface area contributed by atoms with E-state index in [1.165, 1.54) is 77.0 Å². The number of carbonyl (C=O) groups is 2. The number of carbonyl (C=O) groups excluding carboxylic acids is 2. The van der Waals surface area contributed by atoms with Crippen LogP contribution >= 0.6 is 0 Å². The van der Waals surface area contributed by atoms with Crippen LogP contribution in [0.2, 0.25) is 0 Å². The van der Waals surface area contributed by atoms with Gasteiger partial charge in [-0.3, -0.25) is 9.59 Å². The van der Waals surface area contributed by atoms with Crippen molar-refractivity contribution in [3.8, 4) is 0 Å². The Morgan fingerprint density at radius 1 is 0.606 bits per heavy atom. The Morgan fingerprint density at radius 3 is 1.36 bits per heavy atom. The maximum Gasteiger partial charge on any atom is 0.243 e. The third-order valence-electron chi connectivity index (χ3n) is 6.66. The van der Waals surface area contributed by atoms with Gasteiger partial charge in [0.05, 0.1) is 0 Å². The number of nitrogens with one attached hydrogen (secondary N) is 2. The molecule has 190 valence electrons. The molecule has 1 saturated carbocycles. The normalized spacial score (nSPS) is 18.4. The van der Waals surface area contributed by atoms with Crippen molar-refractivity contribution >= 4 is 11.8 Å². The van der Waals surface area contributed by atoms with Gasteiger partial charge in [-0.05, 0) is 57.1 Å². The summed E-state index contributed by atoms with van der Waals surface area (Å²) in [6.45, 7) is 4.49. The van der Waals surface area contributed by atoms with Gasteiger partial charge in [0.15, 0.2) is 0 Å². The van der Waals surface area contributed by atoms with Crippen molar-refractivity contribution in [3.63, 3.8) is 0 Å². The maximum atomic E-state index is 12.3. The molecule has 0 spiro atoms. The van der Waals surface area contributed by atoms with Gasteiger partial charge >= 0.3 is 0 Å². The number of rotatable bonds is 20. The number of unbranched alkanes of at least 4 members (excludes halogenated alkanes) is 14. The van der Waals surface area contributed by atoms with E-state index in [4.69, 9.17) is 0 Å². The summed E-state index contributed by atoms with van der Waals surface area (Å²) >= 11 is 0. The average Bonchev–Trinajstić information content (AvgIpc) is 3.23. The Kier molecular flexibility index (Phi) is 18.7. The Labute approximate surface area is 204 Å². The van der Waals surface area contributed by atoms with Crippen LogP contribution < -0.4 is 10.6 Å². The van der Waals surface area contributed by atoms with E-state index >= 15 is 0 Å². The van der Waals surface area contributed by atoms with Crippen LogP contribution in [0.3, 0.4) is 0 Å². The SMILES string of the molecule is CCCCCCCCC/C=C/C(=O)N[C@H]1CCC[C@H]1NC(=O)/C=C/CCCCCCCCC. The maximum absolute atomic E-state index is 12.3. The molecule has 4 heteroatoms. The molecule has 33 heavy (non-hydrogen) atoms. The van der Waals surface area contributed by atoms with Crippen molar-refractivity contribution in [1.29, 1.82) is 0 Å². The van der Waals surface area contributed by atoms with E-state index in [9.17, 15) is 9.59 Å². The summed E-state index contributed by atoms with van der Waals surface area (Å²) in [5.74, 6) is -0.0582. The Balaban J connectivity index is 2.14. The lowest BCUT2D eigenvalue weighted by Gasteiger charge is -2.21. The summed E-state index contributed by atoms with van der Waals surface area (Å²) < 4.78 is 0. The van der Waals surface area contributed by atoms with Crippen LogP contribution in [0.25, 0.3) is 0 Å². The first-order chi connectivity index (χ1) is 16.2. The van der Waals surface area contributed by atoms with Gasteiger partial charge in [0.1, 0.15) is 0 Å². The van der Waals surface area contributed by atoms with Gasteiger partial charge in [0.25, 0.3) is 0 Å². The molecule has 0 aliphatic heterocycles. The van der Waals surface area contributed by atoms with Gasteiger partial charge in [-0.1, -0.05) is 103 Å². The second-order valence-corrected chi connectivity index (χ2v) is 9.79. The largest absolute Gasteiger partial charge is 0.348 e. The van der Waals surface area contributed by atoms with Crippen molar-refractivity contribution < 1.29 is 9.59 Å². The van der Waals surface area contributed by atoms with E-state index in [-0.39, 0.29) is 23.9 Å². The molecule has 0 radical (unpaired) electrons. The fourth-order valence-corrected chi connectivity index (χ4v) is 4.59. The van der Waals surface area contributed by atoms with Crippen molar-refractivity contribution in [1.82, 2.24) is 10.6 Å². The molecule has 0 saturated heterocycles. The lowest BCUT2D eigenvalue weighted by molar-refractivity contribution is -0.119. The minimum atomic E-state index is -0.0291. The van der Waals surface area contributed by atoms with E-state index < -0.39 is 0 Å². The highest BCUT2D eigenvalue weighted by atomic mass is 16.2. The number of hydrogen-bond acceptors (Lipinski definition) is 2. The molecule has 4 nitrogen and oxygen atoms in total. The summed E-state index contributed by atoms with van der Waals surface area (Å²) in [5.41, 5.74) is 0. The number of hydrogen-bond donors (Lipinski definition) is 2. The summed E-state index contributed by atoms with van der Waals surface area (Å²) in [6.07, 6.45) is 30.2. The molecule has 0 bridgehead atoms. The number of amides is 2. The zero-order valence-corrected chi connectivity index (χ0v) is 21.7. The first-order valence-electron chi connectivity index (χ1n) is 14.1. The highest BCUT2D eigenvalue weighted by molar-refractivity contribution is 5.89. The Bertz CT molecular complexity index is 508. The van der Waals surface area contributed by atoms with Crippen LogP contribution in [0.1, 0.15) is 136 Å². The van der Waals surface area contributed by atoms with E-state index in [2.05, 4.69) is 24.5 Å². The van der Waals surface area contributed by atoms with Gasteiger partial charge in [0, 0.05) is 12.1 Å². The summed E-state index contributed by atoms with van der Waals surface area (Å²) in [7, 11) is 0. The van der Waals surface area contributed by atoms with Crippen molar-refractivity contribution in [2.75, 3.05) is 0 Å². The van der Waals surface area contributed by atoms with E-state index in [1.807, 2.05) is 12.2 Å². The molecule has 1 fully saturated rings. The second kappa shape index (κ2) is 21.0. The summed E-state index contributed by atoms with van der Waals surface area (Å²) in [6, 6.07) is 0.0855. The third kappa shape index (κ3) is 16.6. The molecule has 0 aromatic carbocycles. The molecule has 1 aliphatic carbocycles. The van der Waals surface area contributed by atoms with Crippen molar-refractivity contribution in [3.05, 3.63) is 24.3 Å². The van der Waals surface area contributed by atoms with E-state index in [0.29, 0.717) is 0 Å². The monoisotopic (exact) mass is 460 g/mol. The quantitative estimate of drug-likeness (QED) is 0.146. The lowest BCUT2D eigenvalue weighted by atomic mass is 10.1. The zero-order chi connectivity index (χ0) is 24.0. The van der Waals surface area contributed by atoms with Crippen LogP contribution in [-0.4, -0.2) is 23.9 Å². The average molecular weight is 461 g/mol. The predicted octanol–water partition coefficient (Wildman–Crippen LogP) is 7.53. The van der Waals surface area contributed by atoms with Crippen molar-refractivity contribution in [2.24, 2.45) is 0 Å². The van der Waals surface area contributed by atoms with Crippen LogP contribution in [0.4, 0.5) is 0 Å². The fourth-order valence-electron chi connectivity index (χ4n) is 4.59. The molecule has 2 N–H and O–H groups in total. The molecule has 2 amide bonds. The molecule has 1 rings (SSSR count). The summed E-state index contributed by atoms with van der Waals surface area (Å²) in [5, 5.41) is 6.20. The summed E-state index contributed by atoms with van der Waals surface area (Å²) in [4.78, 5) is 24.5. The van der Waals surface area contributed by atoms with Crippen LogP contribution in [0.15, 0.2) is 24.3 Å². The Morgan fingerprint density at radius 2 is 0.970 bits per heavy atom. The Hall–Kier alpha value is -1.58. The standard InChI is InChI=1S/C29H52N2O2/c1-3-5-7-9-11-13-15-17-19-24-28(32)30-26-22-21-23-27(26)31-29(33)25-20-18-16-14-12-10-8-6-4-2/h19-20,24-27H,3-18,21-23H2,1-2H3,(H,30,32)(H,31,33)/b24-19+,25-20+/t26-,27+. The smallest absolute Gasteiger partial charge is 0.243 e. The molecule has 1 aliphatic rings. The lowest BCUT2D eigenvalue weighted by Crippen LogP contribution is -2.47. The topological polar surface area (TPSA) is 58.2 Å². The van der Waals surface area contributed by atoms with E-state index in [0.717, 1.165) is 44.9 Å². The first-order valence-corrected chi connectivity index (χ1v) is 14.1. The number of allylic oxidation sites excluding steroid dienone is 2. The molecular weight excluding hydrogens is 408 g/mol. The minimum absolute atomic E-state index is 0.0291. The molecule has 0 heterocycles.